The molecule has 1 atom stereocenters. The van der Waals surface area contributed by atoms with Crippen LogP contribution in [0.3, 0.4) is 0 Å². The number of anilines is 1. The van der Waals surface area contributed by atoms with Crippen molar-refractivity contribution in [2.24, 2.45) is 0 Å². The molecule has 2 heterocycles. The van der Waals surface area contributed by atoms with Gasteiger partial charge in [0.1, 0.15) is 5.75 Å². The van der Waals surface area contributed by atoms with Gasteiger partial charge in [0, 0.05) is 17.3 Å². The van der Waals surface area contributed by atoms with E-state index >= 15 is 0 Å². The number of carbonyl (C=O) groups is 1. The molecule has 1 N–H and O–H groups in total. The summed E-state index contributed by atoms with van der Waals surface area (Å²) < 4.78 is 5.17. The summed E-state index contributed by atoms with van der Waals surface area (Å²) >= 11 is 1.35. The number of methoxy groups -OCH3 is 1. The molecule has 0 fully saturated rings. The van der Waals surface area contributed by atoms with E-state index in [0.717, 1.165) is 23.4 Å². The molecular weight excluding hydrogens is 360 g/mol. The van der Waals surface area contributed by atoms with Gasteiger partial charge in [-0.3, -0.25) is 9.89 Å². The summed E-state index contributed by atoms with van der Waals surface area (Å²) in [4.78, 5) is 19.1. The van der Waals surface area contributed by atoms with Crippen molar-refractivity contribution in [1.29, 1.82) is 0 Å². The first kappa shape index (κ1) is 17.6. The first-order valence-electron chi connectivity index (χ1n) is 8.75. The molecule has 6 nitrogen and oxygen atoms in total. The number of ether oxygens (including phenoxy) is 1. The van der Waals surface area contributed by atoms with Crippen molar-refractivity contribution in [2.45, 2.75) is 24.5 Å². The van der Waals surface area contributed by atoms with Crippen molar-refractivity contribution in [1.82, 2.24) is 15.2 Å². The third-order valence-electron chi connectivity index (χ3n) is 4.63. The highest BCUT2D eigenvalue weighted by atomic mass is 32.2. The number of nitrogens with one attached hydrogen (secondary N) is 1. The number of hydrogen-bond acceptors (Lipinski definition) is 5. The molecule has 4 rings (SSSR count). The molecule has 1 aliphatic rings. The SMILES string of the molecule is COc1ccc(-c2nc(SCC(=O)N3c4ccccc4CC3C)n[nH]2)cc1. The van der Waals surface area contributed by atoms with E-state index < -0.39 is 0 Å². The van der Waals surface area contributed by atoms with E-state index in [9.17, 15) is 4.79 Å². The van der Waals surface area contributed by atoms with Crippen LogP contribution >= 0.6 is 11.8 Å². The fourth-order valence-electron chi connectivity index (χ4n) is 3.33. The first-order chi connectivity index (χ1) is 13.2. The maximum absolute atomic E-state index is 12.8. The van der Waals surface area contributed by atoms with Crippen LogP contribution in [-0.4, -0.2) is 40.0 Å². The van der Waals surface area contributed by atoms with Crippen molar-refractivity contribution in [3.05, 3.63) is 54.1 Å². The van der Waals surface area contributed by atoms with Gasteiger partial charge in [0.15, 0.2) is 5.82 Å². The quantitative estimate of drug-likeness (QED) is 0.686. The Kier molecular flexibility index (Phi) is 4.85. The number of H-pyrrole nitrogens is 1. The summed E-state index contributed by atoms with van der Waals surface area (Å²) in [5.74, 6) is 1.85. The minimum absolute atomic E-state index is 0.0771. The Morgan fingerprint density at radius 2 is 2.04 bits per heavy atom. The third-order valence-corrected chi connectivity index (χ3v) is 5.46. The number of fused-ring (bicyclic) bond motifs is 1. The topological polar surface area (TPSA) is 71.1 Å². The highest BCUT2D eigenvalue weighted by Crippen LogP contribution is 2.32. The number of aromatic nitrogens is 3. The van der Waals surface area contributed by atoms with Crippen LogP contribution in [-0.2, 0) is 11.2 Å². The van der Waals surface area contributed by atoms with E-state index in [1.807, 2.05) is 47.4 Å². The first-order valence-corrected chi connectivity index (χ1v) is 9.74. The minimum atomic E-state index is 0.0771. The second-order valence-electron chi connectivity index (χ2n) is 6.43. The normalized spacial score (nSPS) is 15.6. The van der Waals surface area contributed by atoms with Gasteiger partial charge in [-0.1, -0.05) is 30.0 Å². The number of para-hydroxylation sites is 1. The lowest BCUT2D eigenvalue weighted by Crippen LogP contribution is -2.36. The van der Waals surface area contributed by atoms with Crippen LogP contribution in [0.25, 0.3) is 11.4 Å². The molecule has 1 amide bonds. The molecule has 1 aliphatic heterocycles. The molecule has 0 aliphatic carbocycles. The molecule has 7 heteroatoms. The third kappa shape index (κ3) is 3.55. The molecule has 0 radical (unpaired) electrons. The molecule has 27 heavy (non-hydrogen) atoms. The lowest BCUT2D eigenvalue weighted by Gasteiger charge is -2.22. The zero-order valence-electron chi connectivity index (χ0n) is 15.2. The van der Waals surface area contributed by atoms with Gasteiger partial charge in [0.25, 0.3) is 0 Å². The van der Waals surface area contributed by atoms with Gasteiger partial charge in [0.05, 0.1) is 12.9 Å². The Labute approximate surface area is 162 Å². The lowest BCUT2D eigenvalue weighted by molar-refractivity contribution is -0.116. The van der Waals surface area contributed by atoms with Crippen LogP contribution in [0, 0.1) is 0 Å². The van der Waals surface area contributed by atoms with Gasteiger partial charge < -0.3 is 9.64 Å². The zero-order valence-corrected chi connectivity index (χ0v) is 16.0. The van der Waals surface area contributed by atoms with Crippen molar-refractivity contribution in [2.75, 3.05) is 17.8 Å². The van der Waals surface area contributed by atoms with Gasteiger partial charge in [-0.2, -0.15) is 0 Å². The van der Waals surface area contributed by atoms with E-state index in [4.69, 9.17) is 4.74 Å². The predicted octanol–water partition coefficient (Wildman–Crippen LogP) is 3.55. The number of nitrogens with zero attached hydrogens (tertiary/aromatic N) is 3. The number of aromatic amines is 1. The number of hydrogen-bond donors (Lipinski definition) is 1. The van der Waals surface area contributed by atoms with Gasteiger partial charge >= 0.3 is 0 Å². The summed E-state index contributed by atoms with van der Waals surface area (Å²) in [7, 11) is 1.63. The molecule has 0 bridgehead atoms. The van der Waals surface area contributed by atoms with Crippen LogP contribution in [0.5, 0.6) is 5.75 Å². The smallest absolute Gasteiger partial charge is 0.237 e. The molecule has 1 aromatic heterocycles. The Hall–Kier alpha value is -2.80. The van der Waals surface area contributed by atoms with Crippen LogP contribution in [0.1, 0.15) is 12.5 Å². The maximum atomic E-state index is 12.8. The molecule has 138 valence electrons. The van der Waals surface area contributed by atoms with Gasteiger partial charge in [-0.05, 0) is 49.2 Å². The molecule has 2 aromatic carbocycles. The monoisotopic (exact) mass is 380 g/mol. The zero-order chi connectivity index (χ0) is 18.8. The highest BCUT2D eigenvalue weighted by Gasteiger charge is 2.30. The number of rotatable bonds is 5. The summed E-state index contributed by atoms with van der Waals surface area (Å²) in [5, 5.41) is 7.72. The molecule has 1 unspecified atom stereocenters. The number of thioether (sulfide) groups is 1. The van der Waals surface area contributed by atoms with Crippen LogP contribution in [0.15, 0.2) is 53.7 Å². The van der Waals surface area contributed by atoms with Crippen molar-refractivity contribution < 1.29 is 9.53 Å². The number of amides is 1. The number of carbonyl (C=O) groups excluding carboxylic acids is 1. The average molecular weight is 380 g/mol. The molecule has 3 aromatic rings. The van der Waals surface area contributed by atoms with E-state index in [1.54, 1.807) is 7.11 Å². The Morgan fingerprint density at radius 1 is 1.26 bits per heavy atom. The van der Waals surface area contributed by atoms with Crippen LogP contribution in [0.4, 0.5) is 5.69 Å². The summed E-state index contributed by atoms with van der Waals surface area (Å²) in [5.41, 5.74) is 3.16. The highest BCUT2D eigenvalue weighted by molar-refractivity contribution is 7.99. The Balaban J connectivity index is 1.42. The molecule has 0 saturated heterocycles. The van der Waals surface area contributed by atoms with Gasteiger partial charge in [-0.15, -0.1) is 5.10 Å². The maximum Gasteiger partial charge on any atom is 0.237 e. The second kappa shape index (κ2) is 7.44. The fourth-order valence-corrected chi connectivity index (χ4v) is 3.99. The Morgan fingerprint density at radius 3 is 2.81 bits per heavy atom. The van der Waals surface area contributed by atoms with Gasteiger partial charge in [0.2, 0.25) is 11.1 Å². The van der Waals surface area contributed by atoms with Crippen molar-refractivity contribution >= 4 is 23.4 Å². The van der Waals surface area contributed by atoms with E-state index in [0.29, 0.717) is 16.7 Å². The summed E-state index contributed by atoms with van der Waals surface area (Å²) in [6, 6.07) is 15.9. The minimum Gasteiger partial charge on any atom is -0.497 e. The summed E-state index contributed by atoms with van der Waals surface area (Å²) in [6.07, 6.45) is 0.898. The van der Waals surface area contributed by atoms with E-state index in [2.05, 4.69) is 28.2 Å². The van der Waals surface area contributed by atoms with Crippen molar-refractivity contribution in [3.63, 3.8) is 0 Å². The lowest BCUT2D eigenvalue weighted by atomic mass is 10.1. The molecule has 0 spiro atoms. The second-order valence-corrected chi connectivity index (χ2v) is 7.37. The van der Waals surface area contributed by atoms with E-state index in [1.165, 1.54) is 17.3 Å². The molecule has 0 saturated carbocycles. The van der Waals surface area contributed by atoms with Crippen LogP contribution < -0.4 is 9.64 Å². The number of benzene rings is 2. The largest absolute Gasteiger partial charge is 0.497 e. The van der Waals surface area contributed by atoms with E-state index in [-0.39, 0.29) is 11.9 Å². The average Bonchev–Trinajstić information content (AvgIpc) is 3.30. The standard InChI is InChI=1S/C20H20N4O2S/c1-13-11-15-5-3-4-6-17(15)24(13)18(25)12-27-20-21-19(22-23-20)14-7-9-16(26-2)10-8-14/h3-10,13H,11-12H2,1-2H3,(H,21,22,23). The van der Waals surface area contributed by atoms with Crippen molar-refractivity contribution in [3.8, 4) is 17.1 Å². The Bertz CT molecular complexity index is 955. The van der Waals surface area contributed by atoms with Gasteiger partial charge in [-0.25, -0.2) is 4.98 Å². The predicted molar refractivity (Wildman–Crippen MR) is 106 cm³/mol. The van der Waals surface area contributed by atoms with Crippen LogP contribution in [0.2, 0.25) is 0 Å². The molecular formula is C20H20N4O2S. The summed E-state index contributed by atoms with van der Waals surface area (Å²) in [6.45, 7) is 2.08. The fraction of sp³-hybridized carbons (Fsp3) is 0.250.